The van der Waals surface area contributed by atoms with Crippen LogP contribution in [0.2, 0.25) is 0 Å². The molecule has 0 aromatic heterocycles. The van der Waals surface area contributed by atoms with Gasteiger partial charge in [-0.3, -0.25) is 9.59 Å². The largest absolute Gasteiger partial charge is 0.481 e. The molecule has 1 unspecified atom stereocenters. The van der Waals surface area contributed by atoms with Crippen molar-refractivity contribution in [3.05, 3.63) is 71.8 Å². The Labute approximate surface area is 142 Å². The average Bonchev–Trinajstić information content (AvgIpc) is 2.57. The van der Waals surface area contributed by atoms with Crippen molar-refractivity contribution in [2.75, 3.05) is 7.05 Å². The number of aliphatic carboxylic acids is 2. The molecular weight excluding hydrogens is 306 g/mol. The van der Waals surface area contributed by atoms with Crippen LogP contribution in [0.1, 0.15) is 17.5 Å². The van der Waals surface area contributed by atoms with Gasteiger partial charge in [-0.2, -0.15) is 0 Å². The summed E-state index contributed by atoms with van der Waals surface area (Å²) in [6.07, 6.45) is -0.0906. The van der Waals surface area contributed by atoms with E-state index in [1.807, 2.05) is 31.3 Å². The molecule has 24 heavy (non-hydrogen) atoms. The van der Waals surface area contributed by atoms with E-state index in [1.54, 1.807) is 24.3 Å². The smallest absolute Gasteiger partial charge is 0.307 e. The van der Waals surface area contributed by atoms with Crippen molar-refractivity contribution in [3.8, 4) is 0 Å². The Balaban J connectivity index is 0.000000272. The standard InChI is InChI=1S/C11H12O4.C8H11N/c12-10(13)7-9(11(14)15)6-8-4-2-1-3-5-8;1-9-7-8-5-3-2-4-6-8/h1-5,9H,6-7H2,(H,12,13)(H,14,15);2-6,9H,7H2,1H3. The van der Waals surface area contributed by atoms with E-state index in [9.17, 15) is 9.59 Å². The Bertz CT molecular complexity index is 614. The summed E-state index contributed by atoms with van der Waals surface area (Å²) in [6.45, 7) is 0.959. The first-order chi connectivity index (χ1) is 11.5. The molecule has 0 saturated carbocycles. The summed E-state index contributed by atoms with van der Waals surface area (Å²) in [7, 11) is 1.95. The molecule has 0 aliphatic heterocycles. The van der Waals surface area contributed by atoms with Gasteiger partial charge < -0.3 is 15.5 Å². The summed E-state index contributed by atoms with van der Waals surface area (Å²) >= 11 is 0. The van der Waals surface area contributed by atoms with Crippen LogP contribution in [0.25, 0.3) is 0 Å². The zero-order valence-electron chi connectivity index (χ0n) is 13.7. The first kappa shape index (κ1) is 19.4. The molecule has 2 aromatic rings. The van der Waals surface area contributed by atoms with E-state index < -0.39 is 17.9 Å². The summed E-state index contributed by atoms with van der Waals surface area (Å²) in [5.74, 6) is -3.01. The van der Waals surface area contributed by atoms with Gasteiger partial charge in [-0.25, -0.2) is 0 Å². The van der Waals surface area contributed by atoms with Crippen LogP contribution < -0.4 is 5.32 Å². The number of nitrogens with one attached hydrogen (secondary N) is 1. The van der Waals surface area contributed by atoms with Crippen molar-refractivity contribution >= 4 is 11.9 Å². The van der Waals surface area contributed by atoms with E-state index in [2.05, 4.69) is 17.4 Å². The number of carboxylic acids is 2. The third-order valence-corrected chi connectivity index (χ3v) is 3.32. The maximum absolute atomic E-state index is 10.8. The van der Waals surface area contributed by atoms with E-state index in [0.717, 1.165) is 12.1 Å². The van der Waals surface area contributed by atoms with Crippen LogP contribution >= 0.6 is 0 Å². The lowest BCUT2D eigenvalue weighted by molar-refractivity contribution is -0.148. The Morgan fingerprint density at radius 1 is 0.917 bits per heavy atom. The van der Waals surface area contributed by atoms with Crippen LogP contribution in [0.3, 0.4) is 0 Å². The minimum Gasteiger partial charge on any atom is -0.481 e. The second kappa shape index (κ2) is 11.0. The van der Waals surface area contributed by atoms with E-state index >= 15 is 0 Å². The van der Waals surface area contributed by atoms with Crippen LogP contribution in [0.4, 0.5) is 0 Å². The summed E-state index contributed by atoms with van der Waals surface area (Å²) in [4.78, 5) is 21.2. The molecule has 3 N–H and O–H groups in total. The molecule has 0 saturated heterocycles. The van der Waals surface area contributed by atoms with Crippen LogP contribution in [-0.2, 0) is 22.6 Å². The molecule has 0 bridgehead atoms. The van der Waals surface area contributed by atoms with Crippen molar-refractivity contribution in [1.82, 2.24) is 5.32 Å². The van der Waals surface area contributed by atoms with Gasteiger partial charge in [0.05, 0.1) is 12.3 Å². The van der Waals surface area contributed by atoms with Crippen molar-refractivity contribution in [1.29, 1.82) is 0 Å². The predicted octanol–water partition coefficient (Wildman–Crippen LogP) is 2.81. The van der Waals surface area contributed by atoms with Gasteiger partial charge in [0.25, 0.3) is 0 Å². The summed E-state index contributed by atoms with van der Waals surface area (Å²) < 4.78 is 0. The minimum atomic E-state index is -1.08. The molecule has 0 fully saturated rings. The van der Waals surface area contributed by atoms with Gasteiger partial charge in [-0.15, -0.1) is 0 Å². The molecule has 5 heteroatoms. The summed E-state index contributed by atoms with van der Waals surface area (Å²) in [6, 6.07) is 19.3. The van der Waals surface area contributed by atoms with E-state index in [4.69, 9.17) is 10.2 Å². The molecule has 128 valence electrons. The topological polar surface area (TPSA) is 86.6 Å². The molecule has 5 nitrogen and oxygen atoms in total. The number of carboxylic acid groups (broad SMARTS) is 2. The monoisotopic (exact) mass is 329 g/mol. The highest BCUT2D eigenvalue weighted by Gasteiger charge is 2.20. The van der Waals surface area contributed by atoms with Gasteiger partial charge in [-0.1, -0.05) is 60.7 Å². The SMILES string of the molecule is CNCc1ccccc1.O=C(O)CC(Cc1ccccc1)C(=O)O. The fourth-order valence-electron chi connectivity index (χ4n) is 2.16. The number of carbonyl (C=O) groups is 2. The van der Waals surface area contributed by atoms with Crippen LogP contribution in [0, 0.1) is 5.92 Å². The number of hydrogen-bond donors (Lipinski definition) is 3. The lowest BCUT2D eigenvalue weighted by Crippen LogP contribution is -2.20. The number of benzene rings is 2. The van der Waals surface area contributed by atoms with Gasteiger partial charge in [0.1, 0.15) is 0 Å². The Kier molecular flexibility index (Phi) is 8.86. The molecule has 0 amide bonds. The minimum absolute atomic E-state index is 0.252. The van der Waals surface area contributed by atoms with Gasteiger partial charge in [0.15, 0.2) is 0 Å². The molecule has 0 heterocycles. The molecule has 2 aromatic carbocycles. The highest BCUT2D eigenvalue weighted by atomic mass is 16.4. The molecule has 0 radical (unpaired) electrons. The van der Waals surface area contributed by atoms with Gasteiger partial charge in [0.2, 0.25) is 0 Å². The normalized spacial score (nSPS) is 11.0. The molecule has 0 aliphatic carbocycles. The average molecular weight is 329 g/mol. The maximum Gasteiger partial charge on any atom is 0.307 e. The second-order valence-corrected chi connectivity index (χ2v) is 5.34. The van der Waals surface area contributed by atoms with Gasteiger partial charge in [-0.05, 0) is 24.6 Å². The molecule has 2 rings (SSSR count). The second-order valence-electron chi connectivity index (χ2n) is 5.34. The highest BCUT2D eigenvalue weighted by Crippen LogP contribution is 2.12. The fraction of sp³-hybridized carbons (Fsp3) is 0.263. The first-order valence-electron chi connectivity index (χ1n) is 7.70. The van der Waals surface area contributed by atoms with E-state index in [1.165, 1.54) is 5.56 Å². The zero-order chi connectivity index (χ0) is 17.8. The molecule has 0 spiro atoms. The quantitative estimate of drug-likeness (QED) is 0.727. The Hall–Kier alpha value is -2.66. The zero-order valence-corrected chi connectivity index (χ0v) is 13.7. The Morgan fingerprint density at radius 3 is 1.83 bits per heavy atom. The molecular formula is C19H23NO4. The highest BCUT2D eigenvalue weighted by molar-refractivity contribution is 5.77. The Morgan fingerprint density at radius 2 is 1.42 bits per heavy atom. The maximum atomic E-state index is 10.8. The van der Waals surface area contributed by atoms with Crippen molar-refractivity contribution in [2.24, 2.45) is 5.92 Å². The third kappa shape index (κ3) is 8.10. The summed E-state index contributed by atoms with van der Waals surface area (Å²) in [5, 5.41) is 20.5. The van der Waals surface area contributed by atoms with Crippen LogP contribution in [0.5, 0.6) is 0 Å². The molecule has 1 atom stereocenters. The summed E-state index contributed by atoms with van der Waals surface area (Å²) in [5.41, 5.74) is 2.17. The predicted molar refractivity (Wildman–Crippen MR) is 92.7 cm³/mol. The van der Waals surface area contributed by atoms with Gasteiger partial charge in [0, 0.05) is 6.54 Å². The lowest BCUT2D eigenvalue weighted by Gasteiger charge is -2.09. The van der Waals surface area contributed by atoms with Gasteiger partial charge >= 0.3 is 11.9 Å². The first-order valence-corrected chi connectivity index (χ1v) is 7.70. The van der Waals surface area contributed by atoms with Crippen molar-refractivity contribution in [2.45, 2.75) is 19.4 Å². The van der Waals surface area contributed by atoms with E-state index in [0.29, 0.717) is 0 Å². The fourth-order valence-corrected chi connectivity index (χ4v) is 2.16. The van der Waals surface area contributed by atoms with Crippen molar-refractivity contribution < 1.29 is 19.8 Å². The number of hydrogen-bond acceptors (Lipinski definition) is 3. The van der Waals surface area contributed by atoms with E-state index in [-0.39, 0.29) is 12.8 Å². The third-order valence-electron chi connectivity index (χ3n) is 3.32. The number of rotatable bonds is 7. The molecule has 0 aliphatic rings. The lowest BCUT2D eigenvalue weighted by atomic mass is 9.96. The van der Waals surface area contributed by atoms with Crippen LogP contribution in [0.15, 0.2) is 60.7 Å². The van der Waals surface area contributed by atoms with Crippen molar-refractivity contribution in [3.63, 3.8) is 0 Å². The van der Waals surface area contributed by atoms with Crippen LogP contribution in [-0.4, -0.2) is 29.2 Å².